The maximum absolute atomic E-state index is 11.1. The number of hydrogen-bond donors (Lipinski definition) is 2. The van der Waals surface area contributed by atoms with Crippen LogP contribution in [0.3, 0.4) is 0 Å². The predicted molar refractivity (Wildman–Crippen MR) is 59.7 cm³/mol. The number of carbonyl (C=O) groups is 1. The van der Waals surface area contributed by atoms with E-state index in [0.29, 0.717) is 24.5 Å². The van der Waals surface area contributed by atoms with Crippen LogP contribution in [0.5, 0.6) is 5.75 Å². The maximum Gasteiger partial charge on any atom is 0.248 e. The molecule has 1 aromatic carbocycles. The number of hydrogen-bond acceptors (Lipinski definition) is 4. The first kappa shape index (κ1) is 10.8. The molecule has 1 fully saturated rings. The Morgan fingerprint density at radius 2 is 2.31 bits per heavy atom. The first-order chi connectivity index (χ1) is 7.70. The predicted octanol–water partition coefficient (Wildman–Crippen LogP) is 0.605. The quantitative estimate of drug-likeness (QED) is 0.782. The van der Waals surface area contributed by atoms with Crippen molar-refractivity contribution in [1.29, 1.82) is 0 Å². The molecule has 0 atom stereocenters. The van der Waals surface area contributed by atoms with Gasteiger partial charge in [-0.05, 0) is 18.2 Å². The molecule has 0 unspecified atom stereocenters. The number of anilines is 1. The molecule has 0 bridgehead atoms. The fourth-order valence-electron chi connectivity index (χ4n) is 1.51. The van der Waals surface area contributed by atoms with Crippen molar-refractivity contribution >= 4 is 11.6 Å². The summed E-state index contributed by atoms with van der Waals surface area (Å²) in [4.78, 5) is 11.1. The lowest BCUT2D eigenvalue weighted by molar-refractivity contribution is 0.0210. The number of nitrogens with one attached hydrogen (secondary N) is 1. The third kappa shape index (κ3) is 2.09. The summed E-state index contributed by atoms with van der Waals surface area (Å²) < 4.78 is 10.3. The third-order valence-electron chi connectivity index (χ3n) is 2.48. The Morgan fingerprint density at radius 1 is 1.56 bits per heavy atom. The molecule has 0 radical (unpaired) electrons. The summed E-state index contributed by atoms with van der Waals surface area (Å²) in [6.07, 6.45) is 0. The van der Waals surface area contributed by atoms with Crippen molar-refractivity contribution in [3.05, 3.63) is 23.8 Å². The first-order valence-electron chi connectivity index (χ1n) is 5.03. The van der Waals surface area contributed by atoms with Crippen LogP contribution < -0.4 is 15.8 Å². The van der Waals surface area contributed by atoms with E-state index in [0.717, 1.165) is 5.69 Å². The molecule has 1 saturated heterocycles. The first-order valence-corrected chi connectivity index (χ1v) is 5.03. The van der Waals surface area contributed by atoms with E-state index >= 15 is 0 Å². The summed E-state index contributed by atoms with van der Waals surface area (Å²) in [5.74, 6) is 0.243. The van der Waals surface area contributed by atoms with E-state index in [-0.39, 0.29) is 6.04 Å². The molecule has 16 heavy (non-hydrogen) atoms. The summed E-state index contributed by atoms with van der Waals surface area (Å²) in [6.45, 7) is 1.34. The van der Waals surface area contributed by atoms with Crippen molar-refractivity contribution in [2.24, 2.45) is 5.73 Å². The Kier molecular flexibility index (Phi) is 2.96. The molecule has 0 aromatic heterocycles. The van der Waals surface area contributed by atoms with E-state index in [2.05, 4.69) is 5.32 Å². The lowest BCUT2D eigenvalue weighted by Crippen LogP contribution is -2.40. The van der Waals surface area contributed by atoms with Crippen molar-refractivity contribution < 1.29 is 14.3 Å². The number of primary amides is 1. The number of amides is 1. The van der Waals surface area contributed by atoms with E-state index in [1.165, 1.54) is 0 Å². The number of carbonyl (C=O) groups excluding carboxylic acids is 1. The highest BCUT2D eigenvalue weighted by Crippen LogP contribution is 2.27. The zero-order valence-corrected chi connectivity index (χ0v) is 9.03. The highest BCUT2D eigenvalue weighted by molar-refractivity contribution is 5.94. The molecule has 1 heterocycles. The van der Waals surface area contributed by atoms with Crippen LogP contribution in [-0.4, -0.2) is 32.3 Å². The highest BCUT2D eigenvalue weighted by Gasteiger charge is 2.19. The minimum Gasteiger partial charge on any atom is -0.495 e. The number of rotatable bonds is 4. The zero-order chi connectivity index (χ0) is 11.5. The molecule has 1 amide bonds. The van der Waals surface area contributed by atoms with Crippen LogP contribution in [0.15, 0.2) is 18.2 Å². The maximum atomic E-state index is 11.1. The van der Waals surface area contributed by atoms with Gasteiger partial charge in [0.25, 0.3) is 0 Å². The molecule has 1 aliphatic rings. The zero-order valence-electron chi connectivity index (χ0n) is 9.03. The van der Waals surface area contributed by atoms with Gasteiger partial charge in [-0.1, -0.05) is 0 Å². The largest absolute Gasteiger partial charge is 0.495 e. The third-order valence-corrected chi connectivity index (χ3v) is 2.48. The second-order valence-electron chi connectivity index (χ2n) is 3.66. The SMILES string of the molecule is COc1ccc(C(N)=O)cc1NC1COC1. The van der Waals surface area contributed by atoms with Crippen molar-refractivity contribution in [3.8, 4) is 5.75 Å². The number of nitrogens with two attached hydrogens (primary N) is 1. The van der Waals surface area contributed by atoms with Crippen LogP contribution in [0.25, 0.3) is 0 Å². The summed E-state index contributed by atoms with van der Waals surface area (Å²) in [6, 6.07) is 5.34. The summed E-state index contributed by atoms with van der Waals surface area (Å²) >= 11 is 0. The van der Waals surface area contributed by atoms with Crippen LogP contribution in [0.4, 0.5) is 5.69 Å². The molecule has 0 aliphatic carbocycles. The minimum atomic E-state index is -0.449. The van der Waals surface area contributed by atoms with Crippen molar-refractivity contribution in [2.75, 3.05) is 25.6 Å². The molecule has 1 aliphatic heterocycles. The van der Waals surface area contributed by atoms with Gasteiger partial charge in [-0.25, -0.2) is 0 Å². The number of ether oxygens (including phenoxy) is 2. The second-order valence-corrected chi connectivity index (χ2v) is 3.66. The van der Waals surface area contributed by atoms with Gasteiger partial charge in [0.1, 0.15) is 5.75 Å². The van der Waals surface area contributed by atoms with Crippen molar-refractivity contribution in [3.63, 3.8) is 0 Å². The van der Waals surface area contributed by atoms with Crippen LogP contribution in [0.1, 0.15) is 10.4 Å². The molecule has 0 spiro atoms. The molecule has 0 saturated carbocycles. The van der Waals surface area contributed by atoms with Gasteiger partial charge in [0, 0.05) is 5.56 Å². The monoisotopic (exact) mass is 222 g/mol. The van der Waals surface area contributed by atoms with Crippen LogP contribution in [0.2, 0.25) is 0 Å². The highest BCUT2D eigenvalue weighted by atomic mass is 16.5. The van der Waals surface area contributed by atoms with Gasteiger partial charge in [0.15, 0.2) is 0 Å². The minimum absolute atomic E-state index is 0.275. The molecular weight excluding hydrogens is 208 g/mol. The Hall–Kier alpha value is -1.75. The van der Waals surface area contributed by atoms with E-state index in [1.54, 1.807) is 25.3 Å². The lowest BCUT2D eigenvalue weighted by Gasteiger charge is -2.28. The summed E-state index contributed by atoms with van der Waals surface area (Å²) in [7, 11) is 1.59. The fraction of sp³-hybridized carbons (Fsp3) is 0.364. The molecule has 86 valence electrons. The van der Waals surface area contributed by atoms with Gasteiger partial charge >= 0.3 is 0 Å². The fourth-order valence-corrected chi connectivity index (χ4v) is 1.51. The van der Waals surface area contributed by atoms with E-state index in [4.69, 9.17) is 15.2 Å². The van der Waals surface area contributed by atoms with Gasteiger partial charge in [-0.2, -0.15) is 0 Å². The van der Waals surface area contributed by atoms with Crippen LogP contribution >= 0.6 is 0 Å². The molecular formula is C11H14N2O3. The average Bonchev–Trinajstić information content (AvgIpc) is 2.23. The smallest absolute Gasteiger partial charge is 0.248 e. The Morgan fingerprint density at radius 3 is 2.81 bits per heavy atom. The molecule has 5 heteroatoms. The van der Waals surface area contributed by atoms with Gasteiger partial charge in [0.05, 0.1) is 32.1 Å². The van der Waals surface area contributed by atoms with E-state index in [9.17, 15) is 4.79 Å². The summed E-state index contributed by atoms with van der Waals surface area (Å²) in [5.41, 5.74) is 6.45. The Labute approximate surface area is 93.5 Å². The molecule has 2 rings (SSSR count). The van der Waals surface area contributed by atoms with Gasteiger partial charge < -0.3 is 20.5 Å². The number of methoxy groups -OCH3 is 1. The lowest BCUT2D eigenvalue weighted by atomic mass is 10.1. The van der Waals surface area contributed by atoms with Gasteiger partial charge in [0.2, 0.25) is 5.91 Å². The molecule has 3 N–H and O–H groups in total. The molecule has 5 nitrogen and oxygen atoms in total. The standard InChI is InChI=1S/C11H14N2O3/c1-15-10-3-2-7(11(12)14)4-9(10)13-8-5-16-6-8/h2-4,8,13H,5-6H2,1H3,(H2,12,14). The number of benzene rings is 1. The van der Waals surface area contributed by atoms with E-state index < -0.39 is 5.91 Å². The van der Waals surface area contributed by atoms with Crippen LogP contribution in [-0.2, 0) is 4.74 Å². The van der Waals surface area contributed by atoms with Crippen LogP contribution in [0, 0.1) is 0 Å². The Balaban J connectivity index is 2.23. The van der Waals surface area contributed by atoms with Gasteiger partial charge in [-0.15, -0.1) is 0 Å². The second kappa shape index (κ2) is 4.40. The van der Waals surface area contributed by atoms with Gasteiger partial charge in [-0.3, -0.25) is 4.79 Å². The normalized spacial score (nSPS) is 15.3. The van der Waals surface area contributed by atoms with Crippen molar-refractivity contribution in [1.82, 2.24) is 0 Å². The molecule has 1 aromatic rings. The Bertz CT molecular complexity index is 402. The average molecular weight is 222 g/mol. The van der Waals surface area contributed by atoms with Crippen molar-refractivity contribution in [2.45, 2.75) is 6.04 Å². The van der Waals surface area contributed by atoms with E-state index in [1.807, 2.05) is 0 Å². The summed E-state index contributed by atoms with van der Waals surface area (Å²) in [5, 5.41) is 3.24. The topological polar surface area (TPSA) is 73.6 Å².